The van der Waals surface area contributed by atoms with Crippen LogP contribution in [0.4, 0.5) is 17.1 Å². The number of aryl methyl sites for hydroxylation is 1. The molecule has 0 saturated carbocycles. The van der Waals surface area contributed by atoms with Crippen molar-refractivity contribution >= 4 is 38.6 Å². The first kappa shape index (κ1) is 39.0. The van der Waals surface area contributed by atoms with Gasteiger partial charge in [0.25, 0.3) is 0 Å². The molecule has 3 aliphatic carbocycles. The van der Waals surface area contributed by atoms with Crippen molar-refractivity contribution in [2.45, 2.75) is 31.1 Å². The van der Waals surface area contributed by atoms with Gasteiger partial charge in [-0.3, -0.25) is 0 Å². The van der Waals surface area contributed by atoms with E-state index < -0.39 is 5.41 Å². The Morgan fingerprint density at radius 3 is 1.53 bits per heavy atom. The van der Waals surface area contributed by atoms with Crippen LogP contribution >= 0.6 is 0 Å². The summed E-state index contributed by atoms with van der Waals surface area (Å²) in [5.74, 6) is 0. The van der Waals surface area contributed by atoms with E-state index in [1.54, 1.807) is 0 Å². The monoisotopic (exact) mass is 865 g/mol. The molecule has 0 aromatic heterocycles. The molecule has 320 valence electrons. The Balaban J connectivity index is 1.05. The van der Waals surface area contributed by atoms with Crippen molar-refractivity contribution < 1.29 is 0 Å². The van der Waals surface area contributed by atoms with Crippen LogP contribution in [0.1, 0.15) is 46.2 Å². The van der Waals surface area contributed by atoms with Crippen LogP contribution in [0.5, 0.6) is 0 Å². The standard InChI is InChI=1S/C67H47N/c1-2-17-44(18-3-1)45-33-37-49(38-34-45)68(50-39-35-47(36-40-50)59-41-48-20-5-7-23-52(48)53-24-8-9-25-55(53)59)66-43-65-60(42-61(66)54-29-16-21-46-19-4-6-22-51(46)54)58-28-12-15-32-64(58)67(65)62-30-13-10-26-56(62)57-27-11-14-31-63(57)67/h1-3,5,7-18,20-21,23-43H,4,6,19,22H2. The molecule has 0 atom stereocenters. The molecule has 0 radical (unpaired) electrons. The molecule has 1 spiro atoms. The maximum Gasteiger partial charge on any atom is 0.0726 e. The first-order chi connectivity index (χ1) is 33.7. The molecule has 68 heavy (non-hydrogen) atoms. The summed E-state index contributed by atoms with van der Waals surface area (Å²) in [5, 5.41) is 5.09. The van der Waals surface area contributed by atoms with E-state index in [1.165, 1.54) is 129 Å². The van der Waals surface area contributed by atoms with Gasteiger partial charge >= 0.3 is 0 Å². The first-order valence-corrected chi connectivity index (χ1v) is 24.3. The number of rotatable bonds is 6. The fraction of sp³-hybridized carbons (Fsp3) is 0.0746. The van der Waals surface area contributed by atoms with Gasteiger partial charge in [0.15, 0.2) is 0 Å². The van der Waals surface area contributed by atoms with Crippen molar-refractivity contribution in [3.05, 3.63) is 270 Å². The Morgan fingerprint density at radius 2 is 0.838 bits per heavy atom. The average Bonchev–Trinajstić information content (AvgIpc) is 3.88. The molecule has 0 aliphatic heterocycles. The van der Waals surface area contributed by atoms with E-state index in [1.807, 2.05) is 0 Å². The number of hydrogen-bond acceptors (Lipinski definition) is 1. The molecule has 0 N–H and O–H groups in total. The molecule has 0 amide bonds. The lowest BCUT2D eigenvalue weighted by molar-refractivity contribution is 0.687. The van der Waals surface area contributed by atoms with Gasteiger partial charge in [0.05, 0.1) is 11.1 Å². The Kier molecular flexibility index (Phi) is 8.83. The summed E-state index contributed by atoms with van der Waals surface area (Å²) in [6.45, 7) is 0. The lowest BCUT2D eigenvalue weighted by atomic mass is 9.70. The van der Waals surface area contributed by atoms with E-state index in [9.17, 15) is 0 Å². The topological polar surface area (TPSA) is 3.24 Å². The highest BCUT2D eigenvalue weighted by Gasteiger charge is 2.52. The van der Waals surface area contributed by atoms with Gasteiger partial charge in [0, 0.05) is 16.9 Å². The van der Waals surface area contributed by atoms with Crippen LogP contribution in [0.25, 0.3) is 77.2 Å². The van der Waals surface area contributed by atoms with Gasteiger partial charge in [-0.25, -0.2) is 0 Å². The Bertz CT molecular complexity index is 3740. The van der Waals surface area contributed by atoms with Gasteiger partial charge in [-0.05, 0) is 173 Å². The lowest BCUT2D eigenvalue weighted by Gasteiger charge is -2.34. The van der Waals surface area contributed by atoms with Crippen LogP contribution in [-0.2, 0) is 18.3 Å². The van der Waals surface area contributed by atoms with Crippen molar-refractivity contribution in [3.8, 4) is 55.6 Å². The number of fused-ring (bicyclic) bond motifs is 14. The van der Waals surface area contributed by atoms with Gasteiger partial charge in [-0.1, -0.05) is 194 Å². The molecular formula is C67H47N. The fourth-order valence-corrected chi connectivity index (χ4v) is 12.5. The third kappa shape index (κ3) is 5.75. The van der Waals surface area contributed by atoms with E-state index >= 15 is 0 Å². The third-order valence-corrected chi connectivity index (χ3v) is 15.5. The molecule has 0 fully saturated rings. The van der Waals surface area contributed by atoms with Crippen molar-refractivity contribution in [3.63, 3.8) is 0 Å². The van der Waals surface area contributed by atoms with E-state index in [0.29, 0.717) is 0 Å². The van der Waals surface area contributed by atoms with Gasteiger partial charge in [-0.15, -0.1) is 0 Å². The van der Waals surface area contributed by atoms with Gasteiger partial charge in [-0.2, -0.15) is 0 Å². The minimum absolute atomic E-state index is 0.480. The summed E-state index contributed by atoms with van der Waals surface area (Å²) >= 11 is 0. The number of hydrogen-bond donors (Lipinski definition) is 0. The molecule has 0 bridgehead atoms. The highest BCUT2D eigenvalue weighted by atomic mass is 15.1. The van der Waals surface area contributed by atoms with E-state index in [-0.39, 0.29) is 0 Å². The normalized spacial score (nSPS) is 13.8. The molecule has 0 heterocycles. The number of anilines is 3. The van der Waals surface area contributed by atoms with Gasteiger partial charge in [0.1, 0.15) is 0 Å². The smallest absolute Gasteiger partial charge is 0.0726 e. The molecule has 1 nitrogen and oxygen atoms in total. The quantitative estimate of drug-likeness (QED) is 0.151. The van der Waals surface area contributed by atoms with Crippen molar-refractivity contribution in [2.24, 2.45) is 0 Å². The maximum absolute atomic E-state index is 2.60. The van der Waals surface area contributed by atoms with E-state index in [0.717, 1.165) is 24.2 Å². The largest absolute Gasteiger partial charge is 0.310 e. The lowest BCUT2D eigenvalue weighted by Crippen LogP contribution is -2.26. The van der Waals surface area contributed by atoms with Crippen LogP contribution in [0, 0.1) is 0 Å². The molecule has 0 unspecified atom stereocenters. The van der Waals surface area contributed by atoms with E-state index in [4.69, 9.17) is 0 Å². The summed E-state index contributed by atoms with van der Waals surface area (Å²) in [4.78, 5) is 2.55. The second-order valence-corrected chi connectivity index (χ2v) is 18.9. The summed E-state index contributed by atoms with van der Waals surface area (Å²) in [6.07, 6.45) is 4.66. The average molecular weight is 866 g/mol. The van der Waals surface area contributed by atoms with E-state index in [2.05, 4.69) is 241 Å². The van der Waals surface area contributed by atoms with Crippen LogP contribution in [-0.4, -0.2) is 0 Å². The summed E-state index contributed by atoms with van der Waals surface area (Å²) < 4.78 is 0. The summed E-state index contributed by atoms with van der Waals surface area (Å²) in [6, 6.07) is 89.2. The molecule has 11 aromatic carbocycles. The highest BCUT2D eigenvalue weighted by Crippen LogP contribution is 2.64. The maximum atomic E-state index is 2.60. The Morgan fingerprint density at radius 1 is 0.309 bits per heavy atom. The minimum atomic E-state index is -0.480. The zero-order valence-electron chi connectivity index (χ0n) is 37.8. The van der Waals surface area contributed by atoms with Gasteiger partial charge < -0.3 is 4.90 Å². The predicted molar refractivity (Wildman–Crippen MR) is 285 cm³/mol. The van der Waals surface area contributed by atoms with Crippen molar-refractivity contribution in [1.29, 1.82) is 0 Å². The summed E-state index contributed by atoms with van der Waals surface area (Å²) in [7, 11) is 0. The Hall–Kier alpha value is -8.26. The molecular weight excluding hydrogens is 819 g/mol. The SMILES string of the molecule is c1ccc(-c2ccc(N(c3ccc(-c4cc5ccccc5c5ccccc45)cc3)c3cc4c(cc3-c3cccc5c3CCCC5)-c3ccccc3C43c4ccccc4-c4ccccc43)cc2)cc1. The number of benzene rings is 11. The molecule has 0 saturated heterocycles. The zero-order chi connectivity index (χ0) is 44.8. The molecule has 1 heteroatoms. The first-order valence-electron chi connectivity index (χ1n) is 24.3. The summed E-state index contributed by atoms with van der Waals surface area (Å²) in [5.41, 5.74) is 24.1. The molecule has 14 rings (SSSR count). The second-order valence-electron chi connectivity index (χ2n) is 18.9. The van der Waals surface area contributed by atoms with Crippen LogP contribution in [0.3, 0.4) is 0 Å². The second kappa shape index (κ2) is 15.4. The van der Waals surface area contributed by atoms with Crippen LogP contribution < -0.4 is 4.90 Å². The van der Waals surface area contributed by atoms with Crippen molar-refractivity contribution in [1.82, 2.24) is 0 Å². The molecule has 3 aliphatic rings. The predicted octanol–water partition coefficient (Wildman–Crippen LogP) is 17.7. The fourth-order valence-electron chi connectivity index (χ4n) is 12.5. The van der Waals surface area contributed by atoms with Crippen LogP contribution in [0.15, 0.2) is 237 Å². The third-order valence-electron chi connectivity index (χ3n) is 15.5. The van der Waals surface area contributed by atoms with Crippen molar-refractivity contribution in [2.75, 3.05) is 4.90 Å². The van der Waals surface area contributed by atoms with Crippen LogP contribution in [0.2, 0.25) is 0 Å². The zero-order valence-corrected chi connectivity index (χ0v) is 37.8. The molecule has 11 aromatic rings. The van der Waals surface area contributed by atoms with Gasteiger partial charge in [0.2, 0.25) is 0 Å². The Labute approximate surface area is 398 Å². The number of nitrogens with zero attached hydrogens (tertiary/aromatic N) is 1. The minimum Gasteiger partial charge on any atom is -0.310 e. The highest BCUT2D eigenvalue weighted by molar-refractivity contribution is 6.14.